The van der Waals surface area contributed by atoms with Crippen molar-refractivity contribution < 1.29 is 0 Å². The number of piperidine rings is 1. The van der Waals surface area contributed by atoms with Crippen molar-refractivity contribution >= 4 is 0 Å². The Morgan fingerprint density at radius 2 is 2.00 bits per heavy atom. The van der Waals surface area contributed by atoms with Crippen LogP contribution in [0.25, 0.3) is 0 Å². The molecular weight excluding hydrogens is 210 g/mol. The van der Waals surface area contributed by atoms with E-state index >= 15 is 0 Å². The highest BCUT2D eigenvalue weighted by atomic mass is 15.2. The third-order valence-corrected chi connectivity index (χ3v) is 4.64. The fourth-order valence-corrected chi connectivity index (χ4v) is 3.43. The van der Waals surface area contributed by atoms with Gasteiger partial charge in [-0.05, 0) is 71.2 Å². The molecule has 2 aliphatic rings. The van der Waals surface area contributed by atoms with Crippen LogP contribution in [0.5, 0.6) is 0 Å². The Morgan fingerprint density at radius 3 is 2.76 bits per heavy atom. The predicted octanol–water partition coefficient (Wildman–Crippen LogP) is 1.53. The summed E-state index contributed by atoms with van der Waals surface area (Å²) < 4.78 is 0. The molecule has 100 valence electrons. The van der Waals surface area contributed by atoms with Gasteiger partial charge in [0, 0.05) is 12.6 Å². The van der Waals surface area contributed by atoms with Crippen LogP contribution in [0.3, 0.4) is 0 Å². The predicted molar refractivity (Wildman–Crippen MR) is 73.1 cm³/mol. The lowest BCUT2D eigenvalue weighted by Crippen LogP contribution is -2.38. The molecule has 2 rings (SSSR count). The van der Waals surface area contributed by atoms with Crippen LogP contribution in [-0.2, 0) is 0 Å². The molecule has 2 atom stereocenters. The highest BCUT2D eigenvalue weighted by Gasteiger charge is 2.24. The quantitative estimate of drug-likeness (QED) is 0.790. The van der Waals surface area contributed by atoms with E-state index in [-0.39, 0.29) is 0 Å². The van der Waals surface area contributed by atoms with Gasteiger partial charge >= 0.3 is 0 Å². The van der Waals surface area contributed by atoms with Gasteiger partial charge in [0.05, 0.1) is 0 Å². The van der Waals surface area contributed by atoms with Gasteiger partial charge in [0.25, 0.3) is 0 Å². The molecule has 0 bridgehead atoms. The molecule has 0 aliphatic carbocycles. The second-order valence-corrected chi connectivity index (χ2v) is 5.95. The summed E-state index contributed by atoms with van der Waals surface area (Å²) in [6, 6.07) is 0.845. The van der Waals surface area contributed by atoms with Crippen molar-refractivity contribution in [3.8, 4) is 0 Å². The summed E-state index contributed by atoms with van der Waals surface area (Å²) in [6.45, 7) is 6.08. The Balaban J connectivity index is 1.65. The Kier molecular flexibility index (Phi) is 5.26. The highest BCUT2D eigenvalue weighted by molar-refractivity contribution is 4.79. The highest BCUT2D eigenvalue weighted by Crippen LogP contribution is 2.22. The SMILES string of the molecule is CN1CCCCC1CCN1CCC(CCN)C1. The van der Waals surface area contributed by atoms with Gasteiger partial charge < -0.3 is 15.5 Å². The van der Waals surface area contributed by atoms with Crippen molar-refractivity contribution in [3.63, 3.8) is 0 Å². The van der Waals surface area contributed by atoms with Gasteiger partial charge in [-0.25, -0.2) is 0 Å². The molecule has 3 nitrogen and oxygen atoms in total. The molecule has 2 aliphatic heterocycles. The van der Waals surface area contributed by atoms with Crippen molar-refractivity contribution in [1.82, 2.24) is 9.80 Å². The molecule has 3 heteroatoms. The fourth-order valence-electron chi connectivity index (χ4n) is 3.43. The van der Waals surface area contributed by atoms with Gasteiger partial charge in [0.15, 0.2) is 0 Å². The minimum absolute atomic E-state index is 0.845. The minimum Gasteiger partial charge on any atom is -0.330 e. The molecule has 2 saturated heterocycles. The third-order valence-electron chi connectivity index (χ3n) is 4.64. The first kappa shape index (κ1) is 13.3. The second-order valence-electron chi connectivity index (χ2n) is 5.95. The zero-order valence-corrected chi connectivity index (χ0v) is 11.4. The van der Waals surface area contributed by atoms with Crippen molar-refractivity contribution in [1.29, 1.82) is 0 Å². The molecule has 2 N–H and O–H groups in total. The van der Waals surface area contributed by atoms with Gasteiger partial charge in [-0.1, -0.05) is 6.42 Å². The molecule has 0 spiro atoms. The maximum Gasteiger partial charge on any atom is 0.0104 e. The largest absolute Gasteiger partial charge is 0.330 e. The summed E-state index contributed by atoms with van der Waals surface area (Å²) in [6.07, 6.45) is 8.21. The summed E-state index contributed by atoms with van der Waals surface area (Å²) in [5.41, 5.74) is 5.64. The summed E-state index contributed by atoms with van der Waals surface area (Å²) in [5, 5.41) is 0. The number of likely N-dealkylation sites (tertiary alicyclic amines) is 2. The van der Waals surface area contributed by atoms with Crippen LogP contribution in [0.2, 0.25) is 0 Å². The normalized spacial score (nSPS) is 32.1. The maximum absolute atomic E-state index is 5.64. The zero-order chi connectivity index (χ0) is 12.1. The number of nitrogens with two attached hydrogens (primary N) is 1. The lowest BCUT2D eigenvalue weighted by molar-refractivity contribution is 0.159. The minimum atomic E-state index is 0.845. The zero-order valence-electron chi connectivity index (χ0n) is 11.4. The summed E-state index contributed by atoms with van der Waals surface area (Å²) in [5.74, 6) is 0.879. The van der Waals surface area contributed by atoms with E-state index in [1.807, 2.05) is 0 Å². The standard InChI is InChI=1S/C14H29N3/c1-16-9-3-2-4-14(16)7-11-17-10-6-13(12-17)5-8-15/h13-14H,2-12,15H2,1H3. The first-order valence-corrected chi connectivity index (χ1v) is 7.42. The number of hydrogen-bond acceptors (Lipinski definition) is 3. The first-order valence-electron chi connectivity index (χ1n) is 7.42. The average molecular weight is 239 g/mol. The number of rotatable bonds is 5. The Hall–Kier alpha value is -0.120. The van der Waals surface area contributed by atoms with Crippen LogP contribution in [0.15, 0.2) is 0 Å². The average Bonchev–Trinajstić information content (AvgIpc) is 2.76. The Bertz CT molecular complexity index is 220. The van der Waals surface area contributed by atoms with Crippen LogP contribution < -0.4 is 5.73 Å². The molecule has 2 heterocycles. The smallest absolute Gasteiger partial charge is 0.0104 e. The summed E-state index contributed by atoms with van der Waals surface area (Å²) >= 11 is 0. The molecule has 17 heavy (non-hydrogen) atoms. The molecule has 2 unspecified atom stereocenters. The summed E-state index contributed by atoms with van der Waals surface area (Å²) in [7, 11) is 2.30. The Labute approximate surface area is 106 Å². The van der Waals surface area contributed by atoms with E-state index < -0.39 is 0 Å². The van der Waals surface area contributed by atoms with Gasteiger partial charge in [-0.2, -0.15) is 0 Å². The van der Waals surface area contributed by atoms with Crippen molar-refractivity contribution in [2.24, 2.45) is 11.7 Å². The maximum atomic E-state index is 5.64. The third kappa shape index (κ3) is 3.94. The van der Waals surface area contributed by atoms with Gasteiger partial charge in [-0.3, -0.25) is 0 Å². The topological polar surface area (TPSA) is 32.5 Å². The van der Waals surface area contributed by atoms with E-state index in [9.17, 15) is 0 Å². The number of hydrogen-bond donors (Lipinski definition) is 1. The van der Waals surface area contributed by atoms with Crippen LogP contribution >= 0.6 is 0 Å². The number of nitrogens with zero attached hydrogens (tertiary/aromatic N) is 2. The molecular formula is C14H29N3. The van der Waals surface area contributed by atoms with Gasteiger partial charge in [0.2, 0.25) is 0 Å². The van der Waals surface area contributed by atoms with Crippen molar-refractivity contribution in [2.45, 2.75) is 44.6 Å². The van der Waals surface area contributed by atoms with Crippen molar-refractivity contribution in [2.75, 3.05) is 39.8 Å². The van der Waals surface area contributed by atoms with Gasteiger partial charge in [0.1, 0.15) is 0 Å². The molecule has 0 aromatic heterocycles. The first-order chi connectivity index (χ1) is 8.29. The molecule has 0 aromatic rings. The van der Waals surface area contributed by atoms with E-state index in [0.29, 0.717) is 0 Å². The monoisotopic (exact) mass is 239 g/mol. The summed E-state index contributed by atoms with van der Waals surface area (Å²) in [4.78, 5) is 5.22. The van der Waals surface area contributed by atoms with E-state index in [2.05, 4.69) is 16.8 Å². The van der Waals surface area contributed by atoms with Crippen LogP contribution in [0.4, 0.5) is 0 Å². The van der Waals surface area contributed by atoms with Gasteiger partial charge in [-0.15, -0.1) is 0 Å². The Morgan fingerprint density at radius 1 is 1.12 bits per heavy atom. The second kappa shape index (κ2) is 6.72. The molecule has 0 radical (unpaired) electrons. The lowest BCUT2D eigenvalue weighted by Gasteiger charge is -2.33. The van der Waals surface area contributed by atoms with Crippen LogP contribution in [-0.4, -0.2) is 55.6 Å². The van der Waals surface area contributed by atoms with E-state index in [4.69, 9.17) is 5.73 Å². The molecule has 0 amide bonds. The van der Waals surface area contributed by atoms with Crippen molar-refractivity contribution in [3.05, 3.63) is 0 Å². The lowest BCUT2D eigenvalue weighted by atomic mass is 10.00. The van der Waals surface area contributed by atoms with E-state index in [1.54, 1.807) is 0 Å². The van der Waals surface area contributed by atoms with E-state index in [0.717, 1.165) is 18.5 Å². The molecule has 0 aromatic carbocycles. The fraction of sp³-hybridized carbons (Fsp3) is 1.00. The molecule has 2 fully saturated rings. The van der Waals surface area contributed by atoms with Crippen LogP contribution in [0, 0.1) is 5.92 Å². The van der Waals surface area contributed by atoms with E-state index in [1.165, 1.54) is 64.7 Å². The molecule has 0 saturated carbocycles. The van der Waals surface area contributed by atoms with Crippen LogP contribution in [0.1, 0.15) is 38.5 Å².